The third-order valence-electron chi connectivity index (χ3n) is 3.23. The van der Waals surface area contributed by atoms with Gasteiger partial charge in [0.05, 0.1) is 6.54 Å². The monoisotopic (exact) mass is 123 g/mol. The van der Waals surface area contributed by atoms with Crippen LogP contribution in [0.2, 0.25) is 0 Å². The van der Waals surface area contributed by atoms with Gasteiger partial charge in [-0.25, -0.2) is 0 Å². The van der Waals surface area contributed by atoms with E-state index in [0.717, 1.165) is 6.54 Å². The van der Waals surface area contributed by atoms with Crippen molar-refractivity contribution in [2.24, 2.45) is 5.92 Å². The highest BCUT2D eigenvalue weighted by Crippen LogP contribution is 2.60. The lowest BCUT2D eigenvalue weighted by atomic mass is 10.0. The molecular formula is C7H9NO. The van der Waals surface area contributed by atoms with Crippen LogP contribution in [0.1, 0.15) is 12.8 Å². The molecule has 1 spiro atoms. The lowest BCUT2D eigenvalue weighted by Gasteiger charge is -2.37. The summed E-state index contributed by atoms with van der Waals surface area (Å²) in [6.45, 7) is 1.95. The number of Topliss-reactive ketones (excluding diaryl/α,β-unsaturated/α-hetero) is 1. The van der Waals surface area contributed by atoms with Crippen LogP contribution in [-0.4, -0.2) is 29.3 Å². The molecule has 0 amide bonds. The van der Waals surface area contributed by atoms with Crippen molar-refractivity contribution in [1.82, 2.24) is 4.90 Å². The standard InChI is InChI=1S/C7H9NO/c9-6-4-8-2-1-7(8)3-5(6)7/h5H,1-4H2. The van der Waals surface area contributed by atoms with Gasteiger partial charge in [-0.1, -0.05) is 0 Å². The molecule has 1 aliphatic carbocycles. The largest absolute Gasteiger partial charge is 0.298 e. The molecule has 0 aromatic rings. The predicted molar refractivity (Wildman–Crippen MR) is 32.0 cm³/mol. The second kappa shape index (κ2) is 0.966. The van der Waals surface area contributed by atoms with Gasteiger partial charge in [-0.2, -0.15) is 0 Å². The molecule has 2 heteroatoms. The van der Waals surface area contributed by atoms with Gasteiger partial charge in [0, 0.05) is 18.0 Å². The van der Waals surface area contributed by atoms with Crippen molar-refractivity contribution in [3.8, 4) is 0 Å². The fourth-order valence-corrected chi connectivity index (χ4v) is 2.43. The zero-order valence-corrected chi connectivity index (χ0v) is 5.26. The van der Waals surface area contributed by atoms with Gasteiger partial charge in [-0.3, -0.25) is 9.69 Å². The van der Waals surface area contributed by atoms with Crippen molar-refractivity contribution in [3.05, 3.63) is 0 Å². The second-order valence-corrected chi connectivity index (χ2v) is 3.50. The lowest BCUT2D eigenvalue weighted by Crippen LogP contribution is -2.47. The van der Waals surface area contributed by atoms with Crippen LogP contribution >= 0.6 is 0 Å². The lowest BCUT2D eigenvalue weighted by molar-refractivity contribution is -0.118. The van der Waals surface area contributed by atoms with E-state index in [1.54, 1.807) is 0 Å². The Bertz CT molecular complexity index is 201. The van der Waals surface area contributed by atoms with E-state index in [0.29, 0.717) is 17.2 Å². The molecular weight excluding hydrogens is 114 g/mol. The molecule has 0 radical (unpaired) electrons. The van der Waals surface area contributed by atoms with Crippen LogP contribution in [0.5, 0.6) is 0 Å². The van der Waals surface area contributed by atoms with Gasteiger partial charge in [0.25, 0.3) is 0 Å². The zero-order chi connectivity index (χ0) is 6.06. The average Bonchev–Trinajstić information content (AvgIpc) is 2.50. The minimum absolute atomic E-state index is 0.455. The quantitative estimate of drug-likeness (QED) is 0.453. The Balaban J connectivity index is 2.05. The van der Waals surface area contributed by atoms with Gasteiger partial charge in [-0.15, -0.1) is 0 Å². The average molecular weight is 123 g/mol. The van der Waals surface area contributed by atoms with E-state index in [4.69, 9.17) is 0 Å². The Labute approximate surface area is 53.8 Å². The SMILES string of the molecule is O=C1CN2CCC23CC13. The third kappa shape index (κ3) is 0.295. The number of hydrogen-bond donors (Lipinski definition) is 0. The third-order valence-corrected chi connectivity index (χ3v) is 3.23. The summed E-state index contributed by atoms with van der Waals surface area (Å²) in [6.07, 6.45) is 2.48. The van der Waals surface area contributed by atoms with Crippen molar-refractivity contribution in [2.45, 2.75) is 18.4 Å². The molecule has 3 rings (SSSR count). The molecule has 0 bridgehead atoms. The minimum Gasteiger partial charge on any atom is -0.298 e. The highest BCUT2D eigenvalue weighted by molar-refractivity contribution is 5.91. The minimum atomic E-state index is 0.455. The summed E-state index contributed by atoms with van der Waals surface area (Å²) in [5.41, 5.74) is 0.455. The molecule has 2 nitrogen and oxygen atoms in total. The number of hydrogen-bond acceptors (Lipinski definition) is 2. The van der Waals surface area contributed by atoms with Crippen molar-refractivity contribution < 1.29 is 4.79 Å². The van der Waals surface area contributed by atoms with E-state index in [9.17, 15) is 4.79 Å². The number of carbonyl (C=O) groups excluding carboxylic acids is 1. The molecule has 0 N–H and O–H groups in total. The van der Waals surface area contributed by atoms with Crippen LogP contribution in [0.15, 0.2) is 0 Å². The first-order valence-corrected chi connectivity index (χ1v) is 3.61. The normalized spacial score (nSPS) is 54.2. The molecule has 9 heavy (non-hydrogen) atoms. The van der Waals surface area contributed by atoms with Crippen molar-refractivity contribution in [1.29, 1.82) is 0 Å². The second-order valence-electron chi connectivity index (χ2n) is 3.50. The Hall–Kier alpha value is -0.370. The number of carbonyl (C=O) groups is 1. The fraction of sp³-hybridized carbons (Fsp3) is 0.857. The number of nitrogens with zero attached hydrogens (tertiary/aromatic N) is 1. The van der Waals surface area contributed by atoms with E-state index < -0.39 is 0 Å². The molecule has 2 atom stereocenters. The van der Waals surface area contributed by atoms with Gasteiger partial charge in [0.15, 0.2) is 5.78 Å². The van der Waals surface area contributed by atoms with Crippen LogP contribution in [0.25, 0.3) is 0 Å². The van der Waals surface area contributed by atoms with E-state index in [-0.39, 0.29) is 0 Å². The van der Waals surface area contributed by atoms with Gasteiger partial charge in [0.2, 0.25) is 0 Å². The van der Waals surface area contributed by atoms with Gasteiger partial charge < -0.3 is 0 Å². The first-order chi connectivity index (χ1) is 4.33. The molecule has 1 saturated carbocycles. The van der Waals surface area contributed by atoms with Gasteiger partial charge in [0.1, 0.15) is 0 Å². The van der Waals surface area contributed by atoms with Gasteiger partial charge in [-0.05, 0) is 12.8 Å². The molecule has 3 aliphatic rings. The first kappa shape index (κ1) is 4.45. The smallest absolute Gasteiger partial charge is 0.151 e. The summed E-state index contributed by atoms with van der Waals surface area (Å²) in [6, 6.07) is 0. The molecule has 48 valence electrons. The van der Waals surface area contributed by atoms with Crippen LogP contribution < -0.4 is 0 Å². The van der Waals surface area contributed by atoms with Crippen LogP contribution in [-0.2, 0) is 4.79 Å². The van der Waals surface area contributed by atoms with Crippen LogP contribution in [0, 0.1) is 5.92 Å². The molecule has 2 saturated heterocycles. The molecule has 0 aromatic heterocycles. The van der Waals surface area contributed by atoms with E-state index >= 15 is 0 Å². The molecule has 2 aliphatic heterocycles. The topological polar surface area (TPSA) is 20.3 Å². The zero-order valence-electron chi connectivity index (χ0n) is 5.26. The fourth-order valence-electron chi connectivity index (χ4n) is 2.43. The maximum Gasteiger partial charge on any atom is 0.151 e. The van der Waals surface area contributed by atoms with E-state index in [1.165, 1.54) is 19.4 Å². The summed E-state index contributed by atoms with van der Waals surface area (Å²) in [5.74, 6) is 0.985. The Morgan fingerprint density at radius 1 is 1.67 bits per heavy atom. The Morgan fingerprint density at radius 2 is 2.56 bits per heavy atom. The summed E-state index contributed by atoms with van der Waals surface area (Å²) >= 11 is 0. The summed E-state index contributed by atoms with van der Waals surface area (Å²) in [7, 11) is 0. The first-order valence-electron chi connectivity index (χ1n) is 3.61. The van der Waals surface area contributed by atoms with Crippen molar-refractivity contribution >= 4 is 5.78 Å². The molecule has 2 heterocycles. The molecule has 3 fully saturated rings. The highest BCUT2D eigenvalue weighted by Gasteiger charge is 2.70. The van der Waals surface area contributed by atoms with E-state index in [2.05, 4.69) is 4.90 Å². The van der Waals surface area contributed by atoms with Crippen LogP contribution in [0.3, 0.4) is 0 Å². The summed E-state index contributed by atoms with van der Waals surface area (Å²) in [5, 5.41) is 0. The van der Waals surface area contributed by atoms with Crippen molar-refractivity contribution in [2.75, 3.05) is 13.1 Å². The van der Waals surface area contributed by atoms with E-state index in [1.807, 2.05) is 0 Å². The Kier molecular flexibility index (Phi) is 0.477. The number of rotatable bonds is 0. The molecule has 2 unspecified atom stereocenters. The maximum atomic E-state index is 11.0. The molecule has 0 aromatic carbocycles. The highest BCUT2D eigenvalue weighted by atomic mass is 16.1. The number of piperidine rings is 1. The maximum absolute atomic E-state index is 11.0. The predicted octanol–water partition coefficient (Wildman–Crippen LogP) is 0.0335. The van der Waals surface area contributed by atoms with Gasteiger partial charge >= 0.3 is 0 Å². The number of ketones is 1. The summed E-state index contributed by atoms with van der Waals surface area (Å²) < 4.78 is 0. The van der Waals surface area contributed by atoms with Crippen LogP contribution in [0.4, 0.5) is 0 Å². The van der Waals surface area contributed by atoms with Crippen molar-refractivity contribution in [3.63, 3.8) is 0 Å². The summed E-state index contributed by atoms with van der Waals surface area (Å²) in [4.78, 5) is 13.4. The Morgan fingerprint density at radius 3 is 2.78 bits per heavy atom.